The van der Waals surface area contributed by atoms with E-state index in [2.05, 4.69) is 5.16 Å². The number of ether oxygens (including phenoxy) is 2. The number of aromatic nitrogens is 1. The molecule has 0 aliphatic carbocycles. The van der Waals surface area contributed by atoms with Crippen LogP contribution in [0.5, 0.6) is 11.5 Å². The molecule has 2 saturated heterocycles. The second-order valence-electron chi connectivity index (χ2n) is 7.69. The summed E-state index contributed by atoms with van der Waals surface area (Å²) < 4.78 is 16.2. The lowest BCUT2D eigenvalue weighted by Crippen LogP contribution is -2.52. The van der Waals surface area contributed by atoms with Gasteiger partial charge < -0.3 is 23.8 Å². The average Bonchev–Trinajstić information content (AvgIpc) is 3.50. The molecule has 2 aliphatic rings. The molecule has 1 aromatic heterocycles. The van der Waals surface area contributed by atoms with E-state index in [1.165, 1.54) is 0 Å². The van der Waals surface area contributed by atoms with Crippen LogP contribution in [0.15, 0.2) is 28.8 Å². The highest BCUT2D eigenvalue weighted by molar-refractivity contribution is 5.97. The summed E-state index contributed by atoms with van der Waals surface area (Å²) in [5.41, 5.74) is 0.836. The van der Waals surface area contributed by atoms with Crippen molar-refractivity contribution in [2.45, 2.75) is 38.1 Å². The lowest BCUT2D eigenvalue weighted by atomic mass is 10.00. The van der Waals surface area contributed by atoms with Gasteiger partial charge in [-0.1, -0.05) is 5.16 Å². The topological polar surface area (TPSA) is 85.1 Å². The van der Waals surface area contributed by atoms with Crippen molar-refractivity contribution in [2.75, 3.05) is 33.9 Å². The van der Waals surface area contributed by atoms with Gasteiger partial charge in [-0.05, 0) is 50.3 Å². The third-order valence-corrected chi connectivity index (χ3v) is 5.87. The zero-order valence-electron chi connectivity index (χ0n) is 17.4. The summed E-state index contributed by atoms with van der Waals surface area (Å²) in [7, 11) is 3.14. The van der Waals surface area contributed by atoms with Gasteiger partial charge in [0.25, 0.3) is 5.91 Å². The Morgan fingerprint density at radius 1 is 1.03 bits per heavy atom. The fraction of sp³-hybridized carbons (Fsp3) is 0.500. The van der Waals surface area contributed by atoms with E-state index in [4.69, 9.17) is 14.0 Å². The number of hydrogen-bond donors (Lipinski definition) is 0. The molecule has 2 aromatic rings. The Bertz CT molecular complexity index is 919. The van der Waals surface area contributed by atoms with Gasteiger partial charge in [-0.15, -0.1) is 0 Å². The van der Waals surface area contributed by atoms with E-state index < -0.39 is 6.04 Å². The van der Waals surface area contributed by atoms with Crippen LogP contribution in [0.3, 0.4) is 0 Å². The van der Waals surface area contributed by atoms with E-state index in [0.717, 1.165) is 38.8 Å². The van der Waals surface area contributed by atoms with Crippen molar-refractivity contribution >= 4 is 11.8 Å². The van der Waals surface area contributed by atoms with E-state index in [-0.39, 0.29) is 17.5 Å². The molecule has 2 aliphatic heterocycles. The van der Waals surface area contributed by atoms with Gasteiger partial charge in [0, 0.05) is 25.7 Å². The molecule has 1 unspecified atom stereocenters. The van der Waals surface area contributed by atoms with Crippen molar-refractivity contribution in [1.29, 1.82) is 0 Å². The Labute approximate surface area is 175 Å². The number of hydrogen-bond acceptors (Lipinski definition) is 6. The van der Waals surface area contributed by atoms with E-state index in [9.17, 15) is 9.59 Å². The molecule has 0 radical (unpaired) electrons. The molecule has 2 amide bonds. The maximum absolute atomic E-state index is 13.2. The summed E-state index contributed by atoms with van der Waals surface area (Å²) in [6.07, 6.45) is 4.57. The number of carbonyl (C=O) groups is 2. The van der Waals surface area contributed by atoms with Crippen LogP contribution < -0.4 is 9.47 Å². The van der Waals surface area contributed by atoms with Crippen molar-refractivity contribution < 1.29 is 23.6 Å². The Kier molecular flexibility index (Phi) is 5.92. The van der Waals surface area contributed by atoms with Crippen LogP contribution in [0, 0.1) is 0 Å². The van der Waals surface area contributed by atoms with E-state index >= 15 is 0 Å². The summed E-state index contributed by atoms with van der Waals surface area (Å²) in [4.78, 5) is 29.8. The first-order chi connectivity index (χ1) is 14.6. The van der Waals surface area contributed by atoms with Gasteiger partial charge in [0.05, 0.1) is 19.8 Å². The molecular formula is C22H27N3O5. The predicted molar refractivity (Wildman–Crippen MR) is 110 cm³/mol. The molecule has 0 N–H and O–H groups in total. The van der Waals surface area contributed by atoms with Crippen LogP contribution in [0.25, 0.3) is 11.3 Å². The predicted octanol–water partition coefficient (Wildman–Crippen LogP) is 2.98. The maximum Gasteiger partial charge on any atom is 0.276 e. The minimum absolute atomic E-state index is 0.0544. The summed E-state index contributed by atoms with van der Waals surface area (Å²) >= 11 is 0. The van der Waals surface area contributed by atoms with Gasteiger partial charge in [0.2, 0.25) is 5.91 Å². The standard InChI is InChI=1S/C22H27N3O5/c1-28-15-8-9-19(29-2)16(13-15)20-14-17(23-30-20)21(26)25-12-4-3-7-18(25)22(27)24-10-5-6-11-24/h8-9,13-14,18H,3-7,10-12H2,1-2H3. The van der Waals surface area contributed by atoms with Gasteiger partial charge in [-0.25, -0.2) is 0 Å². The summed E-state index contributed by atoms with van der Waals surface area (Å²) in [5.74, 6) is 1.42. The van der Waals surface area contributed by atoms with Crippen molar-refractivity contribution in [1.82, 2.24) is 15.0 Å². The molecule has 0 bridgehead atoms. The highest BCUT2D eigenvalue weighted by atomic mass is 16.5. The summed E-state index contributed by atoms with van der Waals surface area (Å²) in [5, 5.41) is 4.00. The van der Waals surface area contributed by atoms with Crippen LogP contribution in [-0.2, 0) is 4.79 Å². The Balaban J connectivity index is 1.58. The molecule has 8 heteroatoms. The van der Waals surface area contributed by atoms with Gasteiger partial charge in [-0.2, -0.15) is 0 Å². The first-order valence-electron chi connectivity index (χ1n) is 10.4. The smallest absolute Gasteiger partial charge is 0.276 e. The lowest BCUT2D eigenvalue weighted by molar-refractivity contribution is -0.136. The molecule has 8 nitrogen and oxygen atoms in total. The van der Waals surface area contributed by atoms with Crippen LogP contribution in [0.1, 0.15) is 42.6 Å². The second kappa shape index (κ2) is 8.77. The number of rotatable bonds is 5. The van der Waals surface area contributed by atoms with Crippen molar-refractivity contribution in [2.24, 2.45) is 0 Å². The SMILES string of the molecule is COc1ccc(OC)c(-c2cc(C(=O)N3CCCCC3C(=O)N3CCCC3)no2)c1. The van der Waals surface area contributed by atoms with Gasteiger partial charge in [-0.3, -0.25) is 9.59 Å². The van der Waals surface area contributed by atoms with Crippen LogP contribution in [-0.4, -0.2) is 66.7 Å². The number of methoxy groups -OCH3 is 2. The third kappa shape index (κ3) is 3.86. The average molecular weight is 413 g/mol. The number of amides is 2. The van der Waals surface area contributed by atoms with Crippen molar-refractivity contribution in [3.05, 3.63) is 30.0 Å². The van der Waals surface area contributed by atoms with Gasteiger partial charge >= 0.3 is 0 Å². The zero-order chi connectivity index (χ0) is 21.1. The number of piperidine rings is 1. The molecule has 2 fully saturated rings. The quantitative estimate of drug-likeness (QED) is 0.749. The second-order valence-corrected chi connectivity index (χ2v) is 7.69. The maximum atomic E-state index is 13.2. The van der Waals surface area contributed by atoms with E-state index in [1.807, 2.05) is 4.90 Å². The number of benzene rings is 1. The molecule has 160 valence electrons. The zero-order valence-corrected chi connectivity index (χ0v) is 17.4. The minimum atomic E-state index is -0.421. The molecule has 0 saturated carbocycles. The van der Waals surface area contributed by atoms with E-state index in [0.29, 0.717) is 35.8 Å². The van der Waals surface area contributed by atoms with Crippen LogP contribution >= 0.6 is 0 Å². The largest absolute Gasteiger partial charge is 0.497 e. The van der Waals surface area contributed by atoms with Crippen LogP contribution in [0.4, 0.5) is 0 Å². The first kappa shape index (κ1) is 20.3. The van der Waals surface area contributed by atoms with Crippen molar-refractivity contribution in [3.8, 4) is 22.8 Å². The van der Waals surface area contributed by atoms with Crippen molar-refractivity contribution in [3.63, 3.8) is 0 Å². The highest BCUT2D eigenvalue weighted by Gasteiger charge is 2.37. The molecular weight excluding hydrogens is 386 g/mol. The molecule has 3 heterocycles. The Morgan fingerprint density at radius 2 is 1.80 bits per heavy atom. The van der Waals surface area contributed by atoms with E-state index in [1.54, 1.807) is 43.4 Å². The normalized spacial score (nSPS) is 19.1. The molecule has 1 aromatic carbocycles. The molecule has 1 atom stereocenters. The Morgan fingerprint density at radius 3 is 2.53 bits per heavy atom. The van der Waals surface area contributed by atoms with Gasteiger partial charge in [0.15, 0.2) is 11.5 Å². The highest BCUT2D eigenvalue weighted by Crippen LogP contribution is 2.34. The minimum Gasteiger partial charge on any atom is -0.497 e. The summed E-state index contributed by atoms with van der Waals surface area (Å²) in [6, 6.07) is 6.51. The monoisotopic (exact) mass is 413 g/mol. The molecule has 30 heavy (non-hydrogen) atoms. The Hall–Kier alpha value is -3.03. The first-order valence-corrected chi connectivity index (χ1v) is 10.4. The van der Waals surface area contributed by atoms with Gasteiger partial charge in [0.1, 0.15) is 17.5 Å². The molecule has 0 spiro atoms. The number of carbonyl (C=O) groups excluding carboxylic acids is 2. The fourth-order valence-electron chi connectivity index (χ4n) is 4.24. The summed E-state index contributed by atoms with van der Waals surface area (Å²) in [6.45, 7) is 2.11. The molecule has 4 rings (SSSR count). The fourth-order valence-corrected chi connectivity index (χ4v) is 4.24. The number of nitrogens with zero attached hydrogens (tertiary/aromatic N) is 3. The number of likely N-dealkylation sites (tertiary alicyclic amines) is 2. The van der Waals surface area contributed by atoms with Crippen LogP contribution in [0.2, 0.25) is 0 Å². The third-order valence-electron chi connectivity index (χ3n) is 5.87. The lowest BCUT2D eigenvalue weighted by Gasteiger charge is -2.36.